The summed E-state index contributed by atoms with van der Waals surface area (Å²) in [6, 6.07) is 4.41. The number of hydrogen-bond acceptors (Lipinski definition) is 0. The molecule has 0 unspecified atom stereocenters. The van der Waals surface area contributed by atoms with Crippen molar-refractivity contribution in [1.29, 1.82) is 0 Å². The van der Waals surface area contributed by atoms with Gasteiger partial charge in [-0.15, -0.1) is 0 Å². The van der Waals surface area contributed by atoms with Crippen LogP contribution in [0.4, 0.5) is 0 Å². The Labute approximate surface area is 111 Å². The quantitative estimate of drug-likeness (QED) is 0.608. The molecule has 86 valence electrons. The molecule has 0 radical (unpaired) electrons. The smallest absolute Gasteiger partial charge is 0.0582 e. The fourth-order valence-electron chi connectivity index (χ4n) is 3.66. The Bertz CT molecular complexity index is 441. The Morgan fingerprint density at radius 3 is 3.00 bits per heavy atom. The normalized spacial score (nSPS) is 32.3. The molecule has 1 aromatic carbocycles. The molecular formula is C14H16BrCl. The van der Waals surface area contributed by atoms with Crippen molar-refractivity contribution < 1.29 is 0 Å². The first-order valence-corrected chi connectivity index (χ1v) is 7.26. The minimum Gasteiger partial charge on any atom is -0.0828 e. The molecule has 2 aliphatic rings. The van der Waals surface area contributed by atoms with Crippen LogP contribution in [0.15, 0.2) is 16.6 Å². The van der Waals surface area contributed by atoms with Crippen molar-refractivity contribution in [3.05, 3.63) is 32.8 Å². The van der Waals surface area contributed by atoms with Gasteiger partial charge in [-0.05, 0) is 70.1 Å². The van der Waals surface area contributed by atoms with Gasteiger partial charge in [0.25, 0.3) is 0 Å². The molecular weight excluding hydrogens is 284 g/mol. The molecule has 0 bridgehead atoms. The highest BCUT2D eigenvalue weighted by atomic mass is 79.9. The van der Waals surface area contributed by atoms with Gasteiger partial charge in [0.15, 0.2) is 0 Å². The van der Waals surface area contributed by atoms with Gasteiger partial charge in [-0.1, -0.05) is 31.0 Å². The van der Waals surface area contributed by atoms with E-state index in [0.29, 0.717) is 5.41 Å². The van der Waals surface area contributed by atoms with Crippen LogP contribution in [-0.2, 0) is 6.42 Å². The molecule has 0 spiro atoms. The standard InChI is InChI=1S/C14H16BrCl/c1-14-7-2-3-11(14)9-4-5-12(15)13(16)10(9)6-8-14/h4-5,11H,2-3,6-8H2,1H3/t11-,14+/m0/s1. The van der Waals surface area contributed by atoms with E-state index in [9.17, 15) is 0 Å². The first kappa shape index (κ1) is 11.1. The van der Waals surface area contributed by atoms with Crippen LogP contribution in [-0.4, -0.2) is 0 Å². The maximum atomic E-state index is 6.40. The Morgan fingerprint density at radius 2 is 2.19 bits per heavy atom. The predicted molar refractivity (Wildman–Crippen MR) is 72.2 cm³/mol. The Morgan fingerprint density at radius 1 is 1.38 bits per heavy atom. The lowest BCUT2D eigenvalue weighted by Crippen LogP contribution is -2.26. The van der Waals surface area contributed by atoms with Crippen LogP contribution in [0.25, 0.3) is 0 Å². The summed E-state index contributed by atoms with van der Waals surface area (Å²) in [5, 5.41) is 0.950. The molecule has 3 rings (SSSR count). The van der Waals surface area contributed by atoms with Crippen LogP contribution in [0.3, 0.4) is 0 Å². The van der Waals surface area contributed by atoms with Crippen molar-refractivity contribution in [3.8, 4) is 0 Å². The molecule has 2 aliphatic carbocycles. The van der Waals surface area contributed by atoms with Gasteiger partial charge in [-0.3, -0.25) is 0 Å². The molecule has 0 nitrogen and oxygen atoms in total. The van der Waals surface area contributed by atoms with Crippen molar-refractivity contribution in [2.45, 2.75) is 44.9 Å². The monoisotopic (exact) mass is 298 g/mol. The van der Waals surface area contributed by atoms with E-state index in [0.717, 1.165) is 21.8 Å². The highest BCUT2D eigenvalue weighted by Crippen LogP contribution is 2.56. The minimum atomic E-state index is 0.546. The number of benzene rings is 1. The van der Waals surface area contributed by atoms with E-state index < -0.39 is 0 Å². The third kappa shape index (κ3) is 1.48. The molecule has 0 amide bonds. The molecule has 0 aliphatic heterocycles. The second-order valence-corrected chi connectivity index (χ2v) is 6.76. The number of halogens is 2. The molecule has 2 heteroatoms. The van der Waals surface area contributed by atoms with E-state index in [1.165, 1.54) is 36.8 Å². The third-order valence-electron chi connectivity index (χ3n) is 4.64. The number of hydrogen-bond donors (Lipinski definition) is 0. The maximum absolute atomic E-state index is 6.40. The summed E-state index contributed by atoms with van der Waals surface area (Å²) < 4.78 is 1.05. The lowest BCUT2D eigenvalue weighted by atomic mass is 9.67. The van der Waals surface area contributed by atoms with Crippen molar-refractivity contribution in [3.63, 3.8) is 0 Å². The van der Waals surface area contributed by atoms with Crippen molar-refractivity contribution in [2.24, 2.45) is 5.41 Å². The van der Waals surface area contributed by atoms with Crippen LogP contribution in [0.2, 0.25) is 5.02 Å². The summed E-state index contributed by atoms with van der Waals surface area (Å²) in [6.45, 7) is 2.46. The fraction of sp³-hybridized carbons (Fsp3) is 0.571. The fourth-order valence-corrected chi connectivity index (χ4v) is 4.30. The predicted octanol–water partition coefficient (Wildman–Crippen LogP) is 5.32. The second-order valence-electron chi connectivity index (χ2n) is 5.53. The van der Waals surface area contributed by atoms with E-state index in [1.807, 2.05) is 0 Å². The highest BCUT2D eigenvalue weighted by molar-refractivity contribution is 9.10. The highest BCUT2D eigenvalue weighted by Gasteiger charge is 2.43. The molecule has 0 saturated heterocycles. The molecule has 1 fully saturated rings. The van der Waals surface area contributed by atoms with E-state index in [2.05, 4.69) is 35.0 Å². The minimum absolute atomic E-state index is 0.546. The first-order valence-electron chi connectivity index (χ1n) is 6.08. The van der Waals surface area contributed by atoms with Gasteiger partial charge >= 0.3 is 0 Å². The van der Waals surface area contributed by atoms with Crippen LogP contribution in [0, 0.1) is 5.41 Å². The summed E-state index contributed by atoms with van der Waals surface area (Å²) in [7, 11) is 0. The van der Waals surface area contributed by atoms with Gasteiger partial charge in [0.1, 0.15) is 0 Å². The van der Waals surface area contributed by atoms with Gasteiger partial charge < -0.3 is 0 Å². The Hall–Kier alpha value is -0.0100. The zero-order valence-corrected chi connectivity index (χ0v) is 11.9. The topological polar surface area (TPSA) is 0 Å². The summed E-state index contributed by atoms with van der Waals surface area (Å²) in [4.78, 5) is 0. The van der Waals surface area contributed by atoms with Gasteiger partial charge in [-0.25, -0.2) is 0 Å². The second kappa shape index (κ2) is 3.74. The molecule has 0 heterocycles. The van der Waals surface area contributed by atoms with Gasteiger partial charge in [0, 0.05) is 4.47 Å². The Balaban J connectivity index is 2.14. The summed E-state index contributed by atoms with van der Waals surface area (Å²) >= 11 is 9.93. The number of rotatable bonds is 0. The van der Waals surface area contributed by atoms with Crippen molar-refractivity contribution in [1.82, 2.24) is 0 Å². The van der Waals surface area contributed by atoms with Gasteiger partial charge in [0.05, 0.1) is 5.02 Å². The summed E-state index contributed by atoms with van der Waals surface area (Å²) in [6.07, 6.45) is 6.59. The molecule has 2 atom stereocenters. The lowest BCUT2D eigenvalue weighted by Gasteiger charge is -2.38. The molecule has 0 aromatic heterocycles. The average molecular weight is 300 g/mol. The third-order valence-corrected chi connectivity index (χ3v) is 5.96. The summed E-state index contributed by atoms with van der Waals surface area (Å²) in [5.74, 6) is 0.752. The van der Waals surface area contributed by atoms with E-state index >= 15 is 0 Å². The van der Waals surface area contributed by atoms with Crippen LogP contribution in [0.5, 0.6) is 0 Å². The van der Waals surface area contributed by atoms with E-state index in [1.54, 1.807) is 0 Å². The Kier molecular flexibility index (Phi) is 2.60. The van der Waals surface area contributed by atoms with Crippen LogP contribution >= 0.6 is 27.5 Å². The molecule has 0 N–H and O–H groups in total. The lowest BCUT2D eigenvalue weighted by molar-refractivity contribution is 0.252. The van der Waals surface area contributed by atoms with Crippen molar-refractivity contribution in [2.75, 3.05) is 0 Å². The largest absolute Gasteiger partial charge is 0.0828 e. The molecule has 1 saturated carbocycles. The zero-order chi connectivity index (χ0) is 11.3. The van der Waals surface area contributed by atoms with E-state index in [4.69, 9.17) is 11.6 Å². The van der Waals surface area contributed by atoms with E-state index in [-0.39, 0.29) is 0 Å². The maximum Gasteiger partial charge on any atom is 0.0582 e. The number of fused-ring (bicyclic) bond motifs is 3. The first-order chi connectivity index (χ1) is 7.62. The van der Waals surface area contributed by atoms with Crippen LogP contribution < -0.4 is 0 Å². The zero-order valence-electron chi connectivity index (χ0n) is 9.52. The average Bonchev–Trinajstić information content (AvgIpc) is 2.65. The molecule has 1 aromatic rings. The SMILES string of the molecule is C[C@]12CCC[C@H]1c1ccc(Br)c(Cl)c1CC2. The van der Waals surface area contributed by atoms with Gasteiger partial charge in [-0.2, -0.15) is 0 Å². The van der Waals surface area contributed by atoms with Crippen LogP contribution in [0.1, 0.15) is 49.7 Å². The van der Waals surface area contributed by atoms with Crippen molar-refractivity contribution >= 4 is 27.5 Å². The summed E-state index contributed by atoms with van der Waals surface area (Å²) in [5.41, 5.74) is 3.48. The van der Waals surface area contributed by atoms with Gasteiger partial charge in [0.2, 0.25) is 0 Å². The molecule has 16 heavy (non-hydrogen) atoms.